The fourth-order valence-corrected chi connectivity index (χ4v) is 0.340. The fraction of sp³-hybridized carbons (Fsp3) is 0.500. The normalized spacial score (nSPS) is 24.0. The Morgan fingerprint density at radius 1 is 1.60 bits per heavy atom. The SMILES string of the molecule is [CH]1C[CH]OC1. The molecule has 28 valence electrons. The zero-order valence-corrected chi connectivity index (χ0v) is 2.98. The monoisotopic (exact) mass is 70.0 g/mol. The molecule has 0 aromatic carbocycles. The molecule has 0 amide bonds. The van der Waals surface area contributed by atoms with Gasteiger partial charge in [-0.15, -0.1) is 0 Å². The standard InChI is InChI=1S/C4H6O/c1-2-4-5-3-1/h1,4H,2-3H2. The van der Waals surface area contributed by atoms with E-state index in [1.807, 2.05) is 0 Å². The molecule has 1 heterocycles. The van der Waals surface area contributed by atoms with E-state index in [4.69, 9.17) is 4.74 Å². The van der Waals surface area contributed by atoms with Crippen LogP contribution in [0.4, 0.5) is 0 Å². The summed E-state index contributed by atoms with van der Waals surface area (Å²) < 4.78 is 4.76. The van der Waals surface area contributed by atoms with Gasteiger partial charge in [-0.1, -0.05) is 0 Å². The summed E-state index contributed by atoms with van der Waals surface area (Å²) in [6.07, 6.45) is 3.11. The minimum Gasteiger partial charge on any atom is -0.375 e. The first-order chi connectivity index (χ1) is 2.50. The third-order valence-corrected chi connectivity index (χ3v) is 0.595. The Labute approximate surface area is 31.9 Å². The third kappa shape index (κ3) is 0.618. The molecule has 1 saturated heterocycles. The van der Waals surface area contributed by atoms with Gasteiger partial charge in [-0.3, -0.25) is 0 Å². The molecule has 2 radical (unpaired) electrons. The summed E-state index contributed by atoms with van der Waals surface area (Å²) in [5.41, 5.74) is 0. The Hall–Kier alpha value is -0.0400. The topological polar surface area (TPSA) is 9.23 Å². The van der Waals surface area contributed by atoms with Crippen LogP contribution in [0.1, 0.15) is 6.42 Å². The van der Waals surface area contributed by atoms with E-state index < -0.39 is 0 Å². The fourth-order valence-electron chi connectivity index (χ4n) is 0.340. The molecular formula is C4H6O. The van der Waals surface area contributed by atoms with Gasteiger partial charge in [-0.25, -0.2) is 0 Å². The van der Waals surface area contributed by atoms with Gasteiger partial charge in [0.05, 0.1) is 13.2 Å². The van der Waals surface area contributed by atoms with E-state index in [9.17, 15) is 0 Å². The summed E-state index contributed by atoms with van der Waals surface area (Å²) in [6, 6.07) is 0. The maximum absolute atomic E-state index is 4.76. The zero-order valence-electron chi connectivity index (χ0n) is 2.98. The molecule has 1 fully saturated rings. The molecule has 1 aliphatic rings. The van der Waals surface area contributed by atoms with E-state index in [0.29, 0.717) is 0 Å². The zero-order chi connectivity index (χ0) is 3.54. The van der Waals surface area contributed by atoms with Crippen molar-refractivity contribution in [3.05, 3.63) is 13.0 Å². The van der Waals surface area contributed by atoms with Crippen molar-refractivity contribution in [2.75, 3.05) is 6.61 Å². The predicted molar refractivity (Wildman–Crippen MR) is 19.2 cm³/mol. The summed E-state index contributed by atoms with van der Waals surface area (Å²) in [4.78, 5) is 0. The maximum atomic E-state index is 4.76. The second-order valence-corrected chi connectivity index (χ2v) is 1.02. The lowest BCUT2D eigenvalue weighted by atomic mass is 10.4. The van der Waals surface area contributed by atoms with Crippen LogP contribution in [-0.4, -0.2) is 6.61 Å². The van der Waals surface area contributed by atoms with Crippen LogP contribution in [-0.2, 0) is 4.74 Å². The summed E-state index contributed by atoms with van der Waals surface area (Å²) in [5.74, 6) is 0. The van der Waals surface area contributed by atoms with Crippen LogP contribution in [0.25, 0.3) is 0 Å². The largest absolute Gasteiger partial charge is 0.375 e. The lowest BCUT2D eigenvalue weighted by molar-refractivity contribution is 0.264. The van der Waals surface area contributed by atoms with Gasteiger partial charge in [0.2, 0.25) is 0 Å². The molecule has 0 aliphatic carbocycles. The Bertz CT molecular complexity index is 15.2. The van der Waals surface area contributed by atoms with Gasteiger partial charge in [-0.2, -0.15) is 0 Å². The molecule has 1 aliphatic heterocycles. The van der Waals surface area contributed by atoms with Crippen LogP contribution in [0, 0.1) is 13.0 Å². The summed E-state index contributed by atoms with van der Waals surface area (Å²) >= 11 is 0. The lowest BCUT2D eigenvalue weighted by Gasteiger charge is -1.75. The van der Waals surface area contributed by atoms with Gasteiger partial charge in [0.25, 0.3) is 0 Å². The molecule has 1 rings (SSSR count). The van der Waals surface area contributed by atoms with Crippen LogP contribution in [0.5, 0.6) is 0 Å². The highest BCUT2D eigenvalue weighted by atomic mass is 16.5. The van der Waals surface area contributed by atoms with Crippen molar-refractivity contribution in [3.63, 3.8) is 0 Å². The summed E-state index contributed by atoms with van der Waals surface area (Å²) in [7, 11) is 0. The van der Waals surface area contributed by atoms with Crippen LogP contribution < -0.4 is 0 Å². The summed E-state index contributed by atoms with van der Waals surface area (Å²) in [6.45, 7) is 2.62. The van der Waals surface area contributed by atoms with E-state index in [1.165, 1.54) is 0 Å². The van der Waals surface area contributed by atoms with Crippen molar-refractivity contribution >= 4 is 0 Å². The van der Waals surface area contributed by atoms with Crippen molar-refractivity contribution in [3.8, 4) is 0 Å². The molecule has 0 saturated carbocycles. The molecule has 1 heteroatoms. The number of hydrogen-bond donors (Lipinski definition) is 0. The average Bonchev–Trinajstić information content (AvgIpc) is 1.76. The Balaban J connectivity index is 2.08. The van der Waals surface area contributed by atoms with E-state index in [0.717, 1.165) is 13.0 Å². The first kappa shape index (κ1) is 3.16. The van der Waals surface area contributed by atoms with Gasteiger partial charge in [-0.05, 0) is 12.8 Å². The second kappa shape index (κ2) is 1.41. The maximum Gasteiger partial charge on any atom is 0.0840 e. The quantitative estimate of drug-likeness (QED) is 0.409. The van der Waals surface area contributed by atoms with Gasteiger partial charge in [0, 0.05) is 0 Å². The molecule has 0 aromatic rings. The van der Waals surface area contributed by atoms with E-state index in [1.54, 1.807) is 6.61 Å². The summed E-state index contributed by atoms with van der Waals surface area (Å²) in [5, 5.41) is 0. The molecule has 0 unspecified atom stereocenters. The first-order valence-corrected chi connectivity index (χ1v) is 1.75. The van der Waals surface area contributed by atoms with Crippen LogP contribution in [0.3, 0.4) is 0 Å². The van der Waals surface area contributed by atoms with Crippen LogP contribution in [0.15, 0.2) is 0 Å². The Kier molecular flexibility index (Phi) is 0.892. The molecule has 0 bridgehead atoms. The smallest absolute Gasteiger partial charge is 0.0840 e. The van der Waals surface area contributed by atoms with Gasteiger partial charge in [0.1, 0.15) is 0 Å². The molecule has 1 nitrogen and oxygen atoms in total. The molecule has 0 atom stereocenters. The molecule has 5 heavy (non-hydrogen) atoms. The second-order valence-electron chi connectivity index (χ2n) is 1.02. The van der Waals surface area contributed by atoms with Crippen LogP contribution >= 0.6 is 0 Å². The van der Waals surface area contributed by atoms with E-state index >= 15 is 0 Å². The van der Waals surface area contributed by atoms with Crippen molar-refractivity contribution in [1.29, 1.82) is 0 Å². The van der Waals surface area contributed by atoms with Gasteiger partial charge < -0.3 is 4.74 Å². The van der Waals surface area contributed by atoms with Crippen LogP contribution in [0.2, 0.25) is 0 Å². The van der Waals surface area contributed by atoms with E-state index in [-0.39, 0.29) is 0 Å². The van der Waals surface area contributed by atoms with Crippen molar-refractivity contribution in [2.45, 2.75) is 6.42 Å². The highest BCUT2D eigenvalue weighted by Crippen LogP contribution is 2.02. The number of hydrogen-bond acceptors (Lipinski definition) is 1. The first-order valence-electron chi connectivity index (χ1n) is 1.75. The van der Waals surface area contributed by atoms with Gasteiger partial charge in [0.15, 0.2) is 0 Å². The van der Waals surface area contributed by atoms with Crippen molar-refractivity contribution in [1.82, 2.24) is 0 Å². The molecular weight excluding hydrogens is 64.0 g/mol. The highest BCUT2D eigenvalue weighted by molar-refractivity contribution is 4.75. The Morgan fingerprint density at radius 3 is 2.80 bits per heavy atom. The van der Waals surface area contributed by atoms with E-state index in [2.05, 4.69) is 6.42 Å². The predicted octanol–water partition coefficient (Wildman–Crippen LogP) is 0.773. The van der Waals surface area contributed by atoms with Gasteiger partial charge >= 0.3 is 0 Å². The Morgan fingerprint density at radius 2 is 2.60 bits per heavy atom. The number of ether oxygens (including phenoxy) is 1. The van der Waals surface area contributed by atoms with Crippen molar-refractivity contribution < 1.29 is 4.74 Å². The third-order valence-electron chi connectivity index (χ3n) is 0.595. The minimum atomic E-state index is 0.819. The average molecular weight is 70.1 g/mol. The number of rotatable bonds is 0. The minimum absolute atomic E-state index is 0.819. The molecule has 0 aromatic heterocycles. The molecule has 0 N–H and O–H groups in total. The lowest BCUT2D eigenvalue weighted by Crippen LogP contribution is -1.70. The highest BCUT2D eigenvalue weighted by Gasteiger charge is 1.96. The molecule has 0 spiro atoms. The van der Waals surface area contributed by atoms with Crippen molar-refractivity contribution in [2.24, 2.45) is 0 Å².